The zero-order chi connectivity index (χ0) is 15.3. The lowest BCUT2D eigenvalue weighted by atomic mass is 10.1. The van der Waals surface area contributed by atoms with Gasteiger partial charge in [-0.3, -0.25) is 4.68 Å². The first-order chi connectivity index (χ1) is 9.98. The first-order valence-corrected chi connectivity index (χ1v) is 7.69. The Labute approximate surface area is 127 Å². The van der Waals surface area contributed by atoms with Gasteiger partial charge in [0.2, 0.25) is 0 Å². The van der Waals surface area contributed by atoms with E-state index in [1.807, 2.05) is 18.7 Å². The van der Waals surface area contributed by atoms with Crippen molar-refractivity contribution in [2.24, 2.45) is 0 Å². The Hall–Kier alpha value is -0.950. The van der Waals surface area contributed by atoms with Crippen LogP contribution in [0.5, 0.6) is 0 Å². The van der Waals surface area contributed by atoms with Crippen LogP contribution >= 0.6 is 0 Å². The van der Waals surface area contributed by atoms with Crippen LogP contribution in [0.15, 0.2) is 6.07 Å². The number of β-amino-alcohol motifs (C(OH)–C–C–N with tert-alkyl or cyclic N) is 1. The normalized spacial score (nSPS) is 23.5. The Bertz CT molecular complexity index is 439. The van der Waals surface area contributed by atoms with Crippen molar-refractivity contribution in [2.75, 3.05) is 46.4 Å². The third-order valence-corrected chi connectivity index (χ3v) is 3.83. The molecule has 21 heavy (non-hydrogen) atoms. The van der Waals surface area contributed by atoms with Gasteiger partial charge in [0, 0.05) is 31.9 Å². The Morgan fingerprint density at radius 2 is 2.33 bits per heavy atom. The number of hydrogen-bond donors (Lipinski definition) is 2. The van der Waals surface area contributed by atoms with Crippen LogP contribution in [0.3, 0.4) is 0 Å². The van der Waals surface area contributed by atoms with Crippen LogP contribution in [0.1, 0.15) is 17.8 Å². The van der Waals surface area contributed by atoms with Gasteiger partial charge in [-0.15, -0.1) is 0 Å². The van der Waals surface area contributed by atoms with Gasteiger partial charge < -0.3 is 20.1 Å². The average Bonchev–Trinajstić information content (AvgIpc) is 2.60. The molecule has 1 aliphatic rings. The van der Waals surface area contributed by atoms with Gasteiger partial charge in [-0.25, -0.2) is 0 Å². The zero-order valence-corrected chi connectivity index (χ0v) is 13.4. The summed E-state index contributed by atoms with van der Waals surface area (Å²) in [6, 6.07) is 2.10. The third kappa shape index (κ3) is 5.07. The lowest BCUT2D eigenvalue weighted by Gasteiger charge is -2.30. The molecule has 0 spiro atoms. The summed E-state index contributed by atoms with van der Waals surface area (Å²) in [7, 11) is 2.05. The van der Waals surface area contributed by atoms with Crippen molar-refractivity contribution in [1.82, 2.24) is 20.0 Å². The van der Waals surface area contributed by atoms with Gasteiger partial charge in [-0.05, 0) is 39.9 Å². The molecule has 1 aliphatic heterocycles. The highest BCUT2D eigenvalue weighted by Crippen LogP contribution is 2.10. The lowest BCUT2D eigenvalue weighted by molar-refractivity contribution is -0.0452. The summed E-state index contributed by atoms with van der Waals surface area (Å²) in [6.45, 7) is 9.05. The van der Waals surface area contributed by atoms with E-state index in [-0.39, 0.29) is 0 Å². The minimum Gasteiger partial charge on any atom is -0.385 e. The van der Waals surface area contributed by atoms with Crippen LogP contribution in [0.25, 0.3) is 0 Å². The average molecular weight is 296 g/mol. The SMILES string of the molecule is Cc1cc(C)n(CCCN(C)C[C@@]2(O)CNCCOC2)n1. The topological polar surface area (TPSA) is 62.5 Å². The van der Waals surface area contributed by atoms with Crippen molar-refractivity contribution >= 4 is 0 Å². The van der Waals surface area contributed by atoms with Crippen molar-refractivity contribution in [2.45, 2.75) is 32.4 Å². The van der Waals surface area contributed by atoms with Crippen molar-refractivity contribution in [1.29, 1.82) is 0 Å². The molecule has 1 saturated heterocycles. The van der Waals surface area contributed by atoms with Gasteiger partial charge in [-0.1, -0.05) is 0 Å². The molecule has 0 unspecified atom stereocenters. The minimum atomic E-state index is -0.788. The lowest BCUT2D eigenvalue weighted by Crippen LogP contribution is -2.50. The Kier molecular flexibility index (Phi) is 5.75. The number of nitrogens with one attached hydrogen (secondary N) is 1. The highest BCUT2D eigenvalue weighted by atomic mass is 16.5. The fourth-order valence-corrected chi connectivity index (χ4v) is 2.85. The Morgan fingerprint density at radius 3 is 3.05 bits per heavy atom. The monoisotopic (exact) mass is 296 g/mol. The van der Waals surface area contributed by atoms with E-state index in [4.69, 9.17) is 4.74 Å². The highest BCUT2D eigenvalue weighted by Gasteiger charge is 2.30. The molecule has 0 bridgehead atoms. The minimum absolute atomic E-state index is 0.405. The van der Waals surface area contributed by atoms with Gasteiger partial charge in [0.25, 0.3) is 0 Å². The standard InChI is InChI=1S/C15H28N4O2/c1-13-9-14(2)19(17-13)7-4-6-18(3)11-15(20)10-16-5-8-21-12-15/h9,16,20H,4-8,10-12H2,1-3H3/t15-/m0/s1. The molecule has 6 nitrogen and oxygen atoms in total. The van der Waals surface area contributed by atoms with E-state index in [1.165, 1.54) is 5.69 Å². The fraction of sp³-hybridized carbons (Fsp3) is 0.800. The Balaban J connectivity index is 1.74. The smallest absolute Gasteiger partial charge is 0.113 e. The van der Waals surface area contributed by atoms with E-state index in [1.54, 1.807) is 0 Å². The number of aliphatic hydroxyl groups is 1. The Morgan fingerprint density at radius 1 is 1.52 bits per heavy atom. The second-order valence-electron chi connectivity index (χ2n) is 6.20. The number of rotatable bonds is 6. The largest absolute Gasteiger partial charge is 0.385 e. The summed E-state index contributed by atoms with van der Waals surface area (Å²) in [5.41, 5.74) is 1.48. The maximum Gasteiger partial charge on any atom is 0.113 e. The summed E-state index contributed by atoms with van der Waals surface area (Å²) in [6.07, 6.45) is 1.02. The van der Waals surface area contributed by atoms with Crippen LogP contribution in [0.4, 0.5) is 0 Å². The summed E-state index contributed by atoms with van der Waals surface area (Å²) in [5, 5.41) is 18.2. The van der Waals surface area contributed by atoms with Gasteiger partial charge >= 0.3 is 0 Å². The van der Waals surface area contributed by atoms with E-state index in [9.17, 15) is 5.11 Å². The van der Waals surface area contributed by atoms with E-state index in [2.05, 4.69) is 28.3 Å². The third-order valence-electron chi connectivity index (χ3n) is 3.83. The van der Waals surface area contributed by atoms with E-state index in [0.717, 1.165) is 31.7 Å². The molecule has 0 radical (unpaired) electrons. The van der Waals surface area contributed by atoms with E-state index >= 15 is 0 Å². The number of likely N-dealkylation sites (N-methyl/N-ethyl adjacent to an activating group) is 1. The molecule has 1 aromatic heterocycles. The molecule has 1 fully saturated rings. The first kappa shape index (κ1) is 16.4. The van der Waals surface area contributed by atoms with E-state index in [0.29, 0.717) is 26.3 Å². The molecule has 1 aromatic rings. The molecule has 120 valence electrons. The molecular weight excluding hydrogens is 268 g/mol. The zero-order valence-electron chi connectivity index (χ0n) is 13.4. The number of nitrogens with zero attached hydrogens (tertiary/aromatic N) is 3. The van der Waals surface area contributed by atoms with Crippen LogP contribution < -0.4 is 5.32 Å². The molecule has 6 heteroatoms. The van der Waals surface area contributed by atoms with Gasteiger partial charge in [0.15, 0.2) is 0 Å². The van der Waals surface area contributed by atoms with Crippen molar-refractivity contribution < 1.29 is 9.84 Å². The quantitative estimate of drug-likeness (QED) is 0.784. The van der Waals surface area contributed by atoms with Gasteiger partial charge in [0.05, 0.1) is 18.9 Å². The molecule has 0 saturated carbocycles. The first-order valence-electron chi connectivity index (χ1n) is 7.69. The maximum atomic E-state index is 10.5. The molecule has 1 atom stereocenters. The fourth-order valence-electron chi connectivity index (χ4n) is 2.85. The van der Waals surface area contributed by atoms with Crippen LogP contribution in [-0.2, 0) is 11.3 Å². The molecule has 2 heterocycles. The van der Waals surface area contributed by atoms with Crippen LogP contribution in [0, 0.1) is 13.8 Å². The number of aromatic nitrogens is 2. The molecule has 0 aliphatic carbocycles. The maximum absolute atomic E-state index is 10.5. The number of aryl methyl sites for hydroxylation is 3. The highest BCUT2D eigenvalue weighted by molar-refractivity contribution is 5.06. The van der Waals surface area contributed by atoms with Gasteiger partial charge in [0.1, 0.15) is 5.60 Å². The molecule has 2 N–H and O–H groups in total. The molecule has 2 rings (SSSR count). The van der Waals surface area contributed by atoms with Crippen molar-refractivity contribution in [3.63, 3.8) is 0 Å². The number of ether oxygens (including phenoxy) is 1. The van der Waals surface area contributed by atoms with Gasteiger partial charge in [-0.2, -0.15) is 5.10 Å². The molecule has 0 aromatic carbocycles. The van der Waals surface area contributed by atoms with Crippen LogP contribution in [-0.4, -0.2) is 71.8 Å². The van der Waals surface area contributed by atoms with Crippen molar-refractivity contribution in [3.05, 3.63) is 17.5 Å². The summed E-state index contributed by atoms with van der Waals surface area (Å²) in [4.78, 5) is 2.17. The summed E-state index contributed by atoms with van der Waals surface area (Å²) in [5.74, 6) is 0. The number of hydrogen-bond acceptors (Lipinski definition) is 5. The van der Waals surface area contributed by atoms with Crippen LogP contribution in [0.2, 0.25) is 0 Å². The predicted molar refractivity (Wildman–Crippen MR) is 82.5 cm³/mol. The van der Waals surface area contributed by atoms with E-state index < -0.39 is 5.60 Å². The second kappa shape index (κ2) is 7.35. The molecule has 0 amide bonds. The molecular formula is C15H28N4O2. The predicted octanol–water partition coefficient (Wildman–Crippen LogP) is 0.173. The van der Waals surface area contributed by atoms with Crippen molar-refractivity contribution in [3.8, 4) is 0 Å². The second-order valence-corrected chi connectivity index (χ2v) is 6.20. The summed E-state index contributed by atoms with van der Waals surface area (Å²) < 4.78 is 7.50. The summed E-state index contributed by atoms with van der Waals surface area (Å²) >= 11 is 0.